The maximum Gasteiger partial charge on any atom is 0.241 e. The van der Waals surface area contributed by atoms with Gasteiger partial charge in [-0.1, -0.05) is 12.1 Å². The van der Waals surface area contributed by atoms with Gasteiger partial charge in [0, 0.05) is 6.08 Å². The number of hydrogen-bond donors (Lipinski definition) is 1. The van der Waals surface area contributed by atoms with E-state index in [2.05, 4.69) is 0 Å². The Morgan fingerprint density at radius 2 is 2.23 bits per heavy atom. The number of rotatable bonds is 2. The average molecular weight is 179 g/mol. The smallest absolute Gasteiger partial charge is 0.241 e. The summed E-state index contributed by atoms with van der Waals surface area (Å²) in [6.45, 7) is 1.65. The predicted molar refractivity (Wildman–Crippen MR) is 49.4 cm³/mol. The fraction of sp³-hybridized carbons (Fsp3) is 0.100. The number of carbonyl (C=O) groups is 1. The van der Waals surface area contributed by atoms with Crippen LogP contribution in [-0.4, -0.2) is 5.91 Å². The molecule has 3 heteroatoms. The Balaban J connectivity index is 3.02. The van der Waals surface area contributed by atoms with E-state index in [0.717, 1.165) is 0 Å². The molecular formula is C10H10FNO. The third kappa shape index (κ3) is 2.40. The lowest BCUT2D eigenvalue weighted by molar-refractivity contribution is -0.113. The SMILES string of the molecule is Cc1c(F)cccc1/C=C/C(N)=O. The maximum absolute atomic E-state index is 13.0. The average Bonchev–Trinajstić information content (AvgIpc) is 2.07. The van der Waals surface area contributed by atoms with Crippen molar-refractivity contribution in [3.8, 4) is 0 Å². The van der Waals surface area contributed by atoms with Gasteiger partial charge in [-0.25, -0.2) is 4.39 Å². The van der Waals surface area contributed by atoms with Crippen LogP contribution in [0.25, 0.3) is 6.08 Å². The lowest BCUT2D eigenvalue weighted by atomic mass is 10.1. The van der Waals surface area contributed by atoms with Gasteiger partial charge in [-0.2, -0.15) is 0 Å². The zero-order valence-electron chi connectivity index (χ0n) is 7.25. The molecule has 0 atom stereocenters. The maximum atomic E-state index is 13.0. The van der Waals surface area contributed by atoms with Crippen molar-refractivity contribution in [2.45, 2.75) is 6.92 Å². The van der Waals surface area contributed by atoms with E-state index in [1.54, 1.807) is 19.1 Å². The highest BCUT2D eigenvalue weighted by Crippen LogP contribution is 2.13. The van der Waals surface area contributed by atoms with Crippen LogP contribution in [-0.2, 0) is 4.79 Å². The summed E-state index contributed by atoms with van der Waals surface area (Å²) in [5.41, 5.74) is 6.09. The molecule has 68 valence electrons. The minimum absolute atomic E-state index is 0.286. The number of primary amides is 1. The lowest BCUT2D eigenvalue weighted by Gasteiger charge is -1.99. The monoisotopic (exact) mass is 179 g/mol. The molecule has 0 spiro atoms. The van der Waals surface area contributed by atoms with Crippen molar-refractivity contribution in [2.75, 3.05) is 0 Å². The summed E-state index contributed by atoms with van der Waals surface area (Å²) in [5, 5.41) is 0. The van der Waals surface area contributed by atoms with Gasteiger partial charge < -0.3 is 5.73 Å². The third-order valence-electron chi connectivity index (χ3n) is 1.74. The summed E-state index contributed by atoms with van der Waals surface area (Å²) < 4.78 is 13.0. The second-order valence-electron chi connectivity index (χ2n) is 2.69. The minimum atomic E-state index is -0.538. The number of hydrogen-bond acceptors (Lipinski definition) is 1. The Morgan fingerprint density at radius 1 is 1.54 bits per heavy atom. The van der Waals surface area contributed by atoms with Crippen molar-refractivity contribution in [3.05, 3.63) is 41.2 Å². The van der Waals surface area contributed by atoms with Crippen molar-refractivity contribution in [1.82, 2.24) is 0 Å². The summed E-state index contributed by atoms with van der Waals surface area (Å²) >= 11 is 0. The first-order valence-corrected chi connectivity index (χ1v) is 3.84. The summed E-state index contributed by atoms with van der Waals surface area (Å²) in [6.07, 6.45) is 2.71. The molecule has 0 aliphatic rings. The van der Waals surface area contributed by atoms with Crippen LogP contribution in [0.3, 0.4) is 0 Å². The van der Waals surface area contributed by atoms with E-state index in [9.17, 15) is 9.18 Å². The molecule has 0 unspecified atom stereocenters. The van der Waals surface area contributed by atoms with E-state index in [1.165, 1.54) is 18.2 Å². The van der Waals surface area contributed by atoms with Crippen LogP contribution in [0.5, 0.6) is 0 Å². The van der Waals surface area contributed by atoms with Crippen LogP contribution in [0.1, 0.15) is 11.1 Å². The van der Waals surface area contributed by atoms with E-state index in [0.29, 0.717) is 11.1 Å². The van der Waals surface area contributed by atoms with Crippen molar-refractivity contribution < 1.29 is 9.18 Å². The molecular weight excluding hydrogens is 169 g/mol. The highest BCUT2D eigenvalue weighted by molar-refractivity contribution is 5.90. The highest BCUT2D eigenvalue weighted by atomic mass is 19.1. The van der Waals surface area contributed by atoms with Crippen molar-refractivity contribution >= 4 is 12.0 Å². The standard InChI is InChI=1S/C10H10FNO/c1-7-8(5-6-10(12)13)3-2-4-9(7)11/h2-6H,1H3,(H2,12,13)/b6-5+. The van der Waals surface area contributed by atoms with Crippen molar-refractivity contribution in [3.63, 3.8) is 0 Å². The van der Waals surface area contributed by atoms with Crippen LogP contribution < -0.4 is 5.73 Å². The van der Waals surface area contributed by atoms with Crippen LogP contribution in [0, 0.1) is 12.7 Å². The molecule has 1 aromatic rings. The fourth-order valence-corrected chi connectivity index (χ4v) is 0.977. The van der Waals surface area contributed by atoms with Gasteiger partial charge in [0.2, 0.25) is 5.91 Å². The highest BCUT2D eigenvalue weighted by Gasteiger charge is 1.99. The van der Waals surface area contributed by atoms with Crippen LogP contribution in [0.4, 0.5) is 4.39 Å². The first-order chi connectivity index (χ1) is 6.11. The molecule has 0 radical (unpaired) electrons. The molecule has 0 heterocycles. The number of benzene rings is 1. The van der Waals surface area contributed by atoms with Crippen LogP contribution in [0.15, 0.2) is 24.3 Å². The van der Waals surface area contributed by atoms with Crippen LogP contribution >= 0.6 is 0 Å². The molecule has 0 fully saturated rings. The molecule has 0 aliphatic heterocycles. The van der Waals surface area contributed by atoms with Gasteiger partial charge in [-0.05, 0) is 30.2 Å². The van der Waals surface area contributed by atoms with Gasteiger partial charge in [0.05, 0.1) is 0 Å². The Labute approximate surface area is 75.9 Å². The molecule has 1 amide bonds. The topological polar surface area (TPSA) is 43.1 Å². The van der Waals surface area contributed by atoms with E-state index in [1.807, 2.05) is 0 Å². The normalized spacial score (nSPS) is 10.6. The zero-order valence-corrected chi connectivity index (χ0v) is 7.25. The van der Waals surface area contributed by atoms with Gasteiger partial charge in [0.15, 0.2) is 0 Å². The van der Waals surface area contributed by atoms with Gasteiger partial charge in [-0.15, -0.1) is 0 Å². The number of carbonyl (C=O) groups excluding carboxylic acids is 1. The summed E-state index contributed by atoms with van der Waals surface area (Å²) in [5.74, 6) is -0.824. The third-order valence-corrected chi connectivity index (χ3v) is 1.74. The number of amides is 1. The summed E-state index contributed by atoms with van der Waals surface area (Å²) in [6, 6.07) is 4.68. The van der Waals surface area contributed by atoms with Crippen molar-refractivity contribution in [2.24, 2.45) is 5.73 Å². The Hall–Kier alpha value is -1.64. The number of halogens is 1. The Kier molecular flexibility index (Phi) is 2.80. The first kappa shape index (κ1) is 9.45. The summed E-state index contributed by atoms with van der Waals surface area (Å²) in [7, 11) is 0. The largest absolute Gasteiger partial charge is 0.366 e. The first-order valence-electron chi connectivity index (χ1n) is 3.84. The van der Waals surface area contributed by atoms with Crippen LogP contribution in [0.2, 0.25) is 0 Å². The quantitative estimate of drug-likeness (QED) is 0.689. The van der Waals surface area contributed by atoms with Gasteiger partial charge in [0.1, 0.15) is 5.82 Å². The van der Waals surface area contributed by atoms with Gasteiger partial charge in [-0.3, -0.25) is 4.79 Å². The Bertz CT molecular complexity index is 358. The molecule has 1 aromatic carbocycles. The zero-order chi connectivity index (χ0) is 9.84. The molecule has 13 heavy (non-hydrogen) atoms. The van der Waals surface area contributed by atoms with E-state index >= 15 is 0 Å². The molecule has 2 nitrogen and oxygen atoms in total. The number of nitrogens with two attached hydrogens (primary N) is 1. The van der Waals surface area contributed by atoms with E-state index in [4.69, 9.17) is 5.73 Å². The molecule has 2 N–H and O–H groups in total. The second kappa shape index (κ2) is 3.85. The molecule has 0 saturated heterocycles. The predicted octanol–water partition coefficient (Wildman–Crippen LogP) is 1.63. The lowest BCUT2D eigenvalue weighted by Crippen LogP contribution is -2.05. The molecule has 0 aliphatic carbocycles. The molecule has 0 aromatic heterocycles. The minimum Gasteiger partial charge on any atom is -0.366 e. The molecule has 0 saturated carbocycles. The van der Waals surface area contributed by atoms with Gasteiger partial charge in [0.25, 0.3) is 0 Å². The van der Waals surface area contributed by atoms with E-state index in [-0.39, 0.29) is 5.82 Å². The fourth-order valence-electron chi connectivity index (χ4n) is 0.977. The Morgan fingerprint density at radius 3 is 2.85 bits per heavy atom. The van der Waals surface area contributed by atoms with Gasteiger partial charge >= 0.3 is 0 Å². The molecule has 1 rings (SSSR count). The van der Waals surface area contributed by atoms with Crippen molar-refractivity contribution in [1.29, 1.82) is 0 Å². The second-order valence-corrected chi connectivity index (χ2v) is 2.69. The molecule has 0 bridgehead atoms. The summed E-state index contributed by atoms with van der Waals surface area (Å²) in [4.78, 5) is 10.4. The van der Waals surface area contributed by atoms with E-state index < -0.39 is 5.91 Å².